The Kier molecular flexibility index (Phi) is 56.2. The van der Waals surface area contributed by atoms with Gasteiger partial charge in [0.25, 0.3) is 0 Å². The Morgan fingerprint density at radius 1 is 0.290 bits per heavy atom. The quantitative estimate of drug-likeness (QED) is 0.0261. The maximum absolute atomic E-state index is 12.8. The van der Waals surface area contributed by atoms with Crippen LogP contribution in [0.25, 0.3) is 0 Å². The van der Waals surface area contributed by atoms with E-state index in [0.717, 1.165) is 70.6 Å². The van der Waals surface area contributed by atoms with Crippen LogP contribution in [-0.4, -0.2) is 37.2 Å². The van der Waals surface area contributed by atoms with Crippen molar-refractivity contribution >= 4 is 17.9 Å². The van der Waals surface area contributed by atoms with E-state index >= 15 is 0 Å². The summed E-state index contributed by atoms with van der Waals surface area (Å²) in [6.45, 7) is 6.65. The fourth-order valence-corrected chi connectivity index (χ4v) is 9.00. The van der Waals surface area contributed by atoms with Crippen molar-refractivity contribution in [2.75, 3.05) is 13.2 Å². The summed E-state index contributed by atoms with van der Waals surface area (Å²) in [6.07, 6.45) is 70.0. The molecular weight excluding hydrogens is 853 g/mol. The van der Waals surface area contributed by atoms with Crippen LogP contribution in [0.1, 0.15) is 329 Å². The lowest BCUT2D eigenvalue weighted by molar-refractivity contribution is -0.167. The molecule has 0 aromatic carbocycles. The minimum atomic E-state index is -0.773. The van der Waals surface area contributed by atoms with Crippen LogP contribution >= 0.6 is 0 Å². The molecule has 0 aromatic rings. The summed E-state index contributed by atoms with van der Waals surface area (Å²) < 4.78 is 16.9. The second kappa shape index (κ2) is 58.2. The van der Waals surface area contributed by atoms with E-state index in [1.807, 2.05) is 0 Å². The molecule has 69 heavy (non-hydrogen) atoms. The van der Waals surface area contributed by atoms with Crippen molar-refractivity contribution < 1.29 is 28.6 Å². The van der Waals surface area contributed by atoms with Gasteiger partial charge in [0.2, 0.25) is 0 Å². The molecule has 0 aromatic heterocycles. The smallest absolute Gasteiger partial charge is 0.306 e. The van der Waals surface area contributed by atoms with Gasteiger partial charge in [-0.05, 0) is 77.0 Å². The lowest BCUT2D eigenvalue weighted by atomic mass is 10.0. The van der Waals surface area contributed by atoms with Gasteiger partial charge in [0.05, 0.1) is 0 Å². The molecule has 1 unspecified atom stereocenters. The van der Waals surface area contributed by atoms with E-state index in [-0.39, 0.29) is 31.1 Å². The van der Waals surface area contributed by atoms with Crippen LogP contribution in [0.15, 0.2) is 36.5 Å². The Morgan fingerprint density at radius 3 is 0.812 bits per heavy atom. The van der Waals surface area contributed by atoms with Crippen molar-refractivity contribution in [1.29, 1.82) is 0 Å². The monoisotopic (exact) mass is 969 g/mol. The van der Waals surface area contributed by atoms with Crippen LogP contribution in [0, 0.1) is 0 Å². The zero-order chi connectivity index (χ0) is 50.0. The van der Waals surface area contributed by atoms with Crippen molar-refractivity contribution in [3.05, 3.63) is 36.5 Å². The van der Waals surface area contributed by atoms with E-state index in [2.05, 4.69) is 57.2 Å². The summed E-state index contributed by atoms with van der Waals surface area (Å²) >= 11 is 0. The van der Waals surface area contributed by atoms with Gasteiger partial charge in [0, 0.05) is 19.3 Å². The minimum absolute atomic E-state index is 0.0714. The average molecular weight is 970 g/mol. The first kappa shape index (κ1) is 66.6. The summed E-state index contributed by atoms with van der Waals surface area (Å²) in [4.78, 5) is 38.1. The number of hydrogen-bond donors (Lipinski definition) is 0. The van der Waals surface area contributed by atoms with Crippen LogP contribution in [0.3, 0.4) is 0 Å². The van der Waals surface area contributed by atoms with Crippen LogP contribution in [-0.2, 0) is 28.6 Å². The van der Waals surface area contributed by atoms with E-state index in [1.54, 1.807) is 0 Å². The summed E-state index contributed by atoms with van der Waals surface area (Å²) in [5, 5.41) is 0. The van der Waals surface area contributed by atoms with Gasteiger partial charge < -0.3 is 14.2 Å². The van der Waals surface area contributed by atoms with E-state index < -0.39 is 6.10 Å². The number of carbonyl (C=O) groups excluding carboxylic acids is 3. The molecule has 6 nitrogen and oxygen atoms in total. The Balaban J connectivity index is 4.22. The minimum Gasteiger partial charge on any atom is -0.462 e. The van der Waals surface area contributed by atoms with Crippen LogP contribution < -0.4 is 0 Å². The molecule has 0 saturated carbocycles. The number of esters is 3. The highest BCUT2D eigenvalue weighted by Crippen LogP contribution is 2.17. The fraction of sp³-hybridized carbons (Fsp3) is 0.857. The standard InChI is InChI=1S/C63H116O6/c1-4-7-10-13-16-19-22-25-27-28-29-30-31-32-33-34-35-36-37-39-41-44-47-50-53-56-62(65)68-59-60(58-67-61(64)55-52-49-46-43-40-24-21-18-15-12-9-6-3)69-63(66)57-54-51-48-45-42-38-26-23-20-17-14-11-8-5-2/h22-23,25-26,28-29,60H,4-21,24,27,30-59H2,1-3H3/b25-22-,26-23-,29-28-. The summed E-state index contributed by atoms with van der Waals surface area (Å²) in [6, 6.07) is 0. The number of carbonyl (C=O) groups is 3. The SMILES string of the molecule is CCCCCCC/C=C\C/C=C\CCCCCCCCCCCCCCCC(=O)OCC(COC(=O)CCCCCCCCCCCCCC)OC(=O)CCCCCCC/C=C\CCCCCCC. The van der Waals surface area contributed by atoms with E-state index in [1.165, 1.54) is 218 Å². The van der Waals surface area contributed by atoms with Gasteiger partial charge in [0.15, 0.2) is 6.10 Å². The molecule has 0 aliphatic heterocycles. The largest absolute Gasteiger partial charge is 0.462 e. The highest BCUT2D eigenvalue weighted by molar-refractivity contribution is 5.71. The predicted octanol–water partition coefficient (Wildman–Crippen LogP) is 20.4. The third kappa shape index (κ3) is 56.4. The molecular formula is C63H116O6. The molecule has 0 aliphatic rings. The average Bonchev–Trinajstić information content (AvgIpc) is 3.35. The van der Waals surface area contributed by atoms with Gasteiger partial charge in [-0.25, -0.2) is 0 Å². The first-order valence-corrected chi connectivity index (χ1v) is 30.5. The molecule has 6 heteroatoms. The molecule has 0 spiro atoms. The second-order valence-corrected chi connectivity index (χ2v) is 20.6. The summed E-state index contributed by atoms with van der Waals surface area (Å²) in [5.41, 5.74) is 0. The fourth-order valence-electron chi connectivity index (χ4n) is 9.00. The van der Waals surface area contributed by atoms with Crippen molar-refractivity contribution in [3.8, 4) is 0 Å². The van der Waals surface area contributed by atoms with Gasteiger partial charge in [-0.3, -0.25) is 14.4 Å². The number of unbranched alkanes of at least 4 members (excludes halogenated alkanes) is 39. The Labute approximate surface area is 429 Å². The third-order valence-electron chi connectivity index (χ3n) is 13.6. The van der Waals surface area contributed by atoms with E-state index in [4.69, 9.17) is 14.2 Å². The molecule has 0 N–H and O–H groups in total. The number of ether oxygens (including phenoxy) is 3. The normalized spacial score (nSPS) is 12.2. The predicted molar refractivity (Wildman–Crippen MR) is 298 cm³/mol. The molecule has 404 valence electrons. The van der Waals surface area contributed by atoms with Crippen LogP contribution in [0.4, 0.5) is 0 Å². The molecule has 0 saturated heterocycles. The first-order chi connectivity index (χ1) is 34.0. The van der Waals surface area contributed by atoms with Crippen molar-refractivity contribution in [2.24, 2.45) is 0 Å². The molecule has 0 aliphatic carbocycles. The van der Waals surface area contributed by atoms with E-state index in [0.29, 0.717) is 19.3 Å². The van der Waals surface area contributed by atoms with Gasteiger partial charge in [-0.2, -0.15) is 0 Å². The van der Waals surface area contributed by atoms with E-state index in [9.17, 15) is 14.4 Å². The number of allylic oxidation sites excluding steroid dienone is 6. The Bertz CT molecular complexity index is 1160. The summed E-state index contributed by atoms with van der Waals surface area (Å²) in [5.74, 6) is -0.863. The van der Waals surface area contributed by atoms with Crippen molar-refractivity contribution in [3.63, 3.8) is 0 Å². The molecule has 0 rings (SSSR count). The Morgan fingerprint density at radius 2 is 0.522 bits per heavy atom. The van der Waals surface area contributed by atoms with Crippen LogP contribution in [0.2, 0.25) is 0 Å². The van der Waals surface area contributed by atoms with Gasteiger partial charge in [-0.15, -0.1) is 0 Å². The van der Waals surface area contributed by atoms with Crippen molar-refractivity contribution in [2.45, 2.75) is 335 Å². The third-order valence-corrected chi connectivity index (χ3v) is 13.6. The Hall–Kier alpha value is -2.37. The lowest BCUT2D eigenvalue weighted by Gasteiger charge is -2.18. The topological polar surface area (TPSA) is 78.9 Å². The highest BCUT2D eigenvalue weighted by atomic mass is 16.6. The highest BCUT2D eigenvalue weighted by Gasteiger charge is 2.19. The molecule has 0 bridgehead atoms. The van der Waals surface area contributed by atoms with Gasteiger partial charge in [-0.1, -0.05) is 269 Å². The first-order valence-electron chi connectivity index (χ1n) is 30.5. The lowest BCUT2D eigenvalue weighted by Crippen LogP contribution is -2.30. The molecule has 1 atom stereocenters. The summed E-state index contributed by atoms with van der Waals surface area (Å²) in [7, 11) is 0. The molecule has 0 radical (unpaired) electrons. The van der Waals surface area contributed by atoms with Gasteiger partial charge in [0.1, 0.15) is 13.2 Å². The van der Waals surface area contributed by atoms with Crippen LogP contribution in [0.5, 0.6) is 0 Å². The second-order valence-electron chi connectivity index (χ2n) is 20.6. The van der Waals surface area contributed by atoms with Crippen molar-refractivity contribution in [1.82, 2.24) is 0 Å². The number of rotatable bonds is 56. The zero-order valence-corrected chi connectivity index (χ0v) is 46.3. The maximum atomic E-state index is 12.8. The maximum Gasteiger partial charge on any atom is 0.306 e. The molecule has 0 amide bonds. The van der Waals surface area contributed by atoms with Gasteiger partial charge >= 0.3 is 17.9 Å². The number of hydrogen-bond acceptors (Lipinski definition) is 6. The zero-order valence-electron chi connectivity index (χ0n) is 46.3. The molecule has 0 fully saturated rings. The molecule has 0 heterocycles.